The van der Waals surface area contributed by atoms with E-state index in [9.17, 15) is 4.79 Å². The maximum Gasteiger partial charge on any atom is 0.268 e. The summed E-state index contributed by atoms with van der Waals surface area (Å²) in [5.74, 6) is 1.51. The third-order valence-corrected chi connectivity index (χ3v) is 4.91. The van der Waals surface area contributed by atoms with Crippen molar-refractivity contribution >= 4 is 11.5 Å². The standard InChI is InChI=1S/C18H24N6O2/c1-23-18(25)8-14(10-22-23)24-6-7-26-15(11-24)4-5-19-17-9-16(13-2-3-13)20-12-21-17/h8-10,12-13,15H,2-7,11H2,1H3,(H,19,20,21)/t15-/m0/s1. The van der Waals surface area contributed by atoms with Gasteiger partial charge in [-0.2, -0.15) is 5.10 Å². The molecule has 138 valence electrons. The SMILES string of the molecule is Cn1ncc(N2CCO[C@@H](CCNc3cc(C4CC4)ncn3)C2)cc1=O. The first kappa shape index (κ1) is 17.0. The molecule has 26 heavy (non-hydrogen) atoms. The predicted octanol–water partition coefficient (Wildman–Crippen LogP) is 1.16. The monoisotopic (exact) mass is 356 g/mol. The summed E-state index contributed by atoms with van der Waals surface area (Å²) >= 11 is 0. The van der Waals surface area contributed by atoms with Gasteiger partial charge in [0.25, 0.3) is 5.56 Å². The van der Waals surface area contributed by atoms with E-state index in [1.165, 1.54) is 17.5 Å². The van der Waals surface area contributed by atoms with Crippen LogP contribution in [0.25, 0.3) is 0 Å². The Bertz CT molecular complexity index is 819. The van der Waals surface area contributed by atoms with Crippen LogP contribution in [0, 0.1) is 0 Å². The van der Waals surface area contributed by atoms with E-state index in [0.717, 1.165) is 43.3 Å². The number of rotatable bonds is 6. The van der Waals surface area contributed by atoms with Crippen molar-refractivity contribution in [3.05, 3.63) is 40.7 Å². The molecule has 2 aromatic rings. The quantitative estimate of drug-likeness (QED) is 0.831. The van der Waals surface area contributed by atoms with Crippen LogP contribution in [0.15, 0.2) is 29.5 Å². The summed E-state index contributed by atoms with van der Waals surface area (Å²) in [4.78, 5) is 22.6. The Morgan fingerprint density at radius 1 is 1.31 bits per heavy atom. The second-order valence-electron chi connectivity index (χ2n) is 6.93. The van der Waals surface area contributed by atoms with Gasteiger partial charge < -0.3 is 15.0 Å². The molecule has 1 aliphatic heterocycles. The largest absolute Gasteiger partial charge is 0.374 e. The maximum atomic E-state index is 11.8. The lowest BCUT2D eigenvalue weighted by Gasteiger charge is -2.34. The molecule has 1 atom stereocenters. The van der Waals surface area contributed by atoms with Crippen molar-refractivity contribution in [1.82, 2.24) is 19.7 Å². The van der Waals surface area contributed by atoms with Gasteiger partial charge in [-0.1, -0.05) is 0 Å². The summed E-state index contributed by atoms with van der Waals surface area (Å²) in [6.07, 6.45) is 6.83. The molecule has 2 aliphatic rings. The molecule has 1 saturated carbocycles. The van der Waals surface area contributed by atoms with Crippen LogP contribution in [0.2, 0.25) is 0 Å². The predicted molar refractivity (Wildman–Crippen MR) is 98.5 cm³/mol. The molecular formula is C18H24N6O2. The number of hydrogen-bond donors (Lipinski definition) is 1. The molecular weight excluding hydrogens is 332 g/mol. The van der Waals surface area contributed by atoms with Gasteiger partial charge in [0.15, 0.2) is 0 Å². The number of ether oxygens (including phenoxy) is 1. The Labute approximate surface area is 152 Å². The Balaban J connectivity index is 1.30. The molecule has 0 aromatic carbocycles. The number of morpholine rings is 1. The fraction of sp³-hybridized carbons (Fsp3) is 0.556. The smallest absolute Gasteiger partial charge is 0.268 e. The zero-order valence-electron chi connectivity index (χ0n) is 15.0. The van der Waals surface area contributed by atoms with Crippen LogP contribution in [0.1, 0.15) is 30.9 Å². The van der Waals surface area contributed by atoms with Gasteiger partial charge in [0.2, 0.25) is 0 Å². The first-order valence-electron chi connectivity index (χ1n) is 9.15. The van der Waals surface area contributed by atoms with E-state index in [1.807, 2.05) is 0 Å². The van der Waals surface area contributed by atoms with Crippen molar-refractivity contribution in [3.63, 3.8) is 0 Å². The number of nitrogens with zero attached hydrogens (tertiary/aromatic N) is 5. The molecule has 3 heterocycles. The number of anilines is 2. The number of nitrogens with one attached hydrogen (secondary N) is 1. The van der Waals surface area contributed by atoms with Gasteiger partial charge in [0, 0.05) is 50.4 Å². The minimum absolute atomic E-state index is 0.0950. The lowest BCUT2D eigenvalue weighted by molar-refractivity contribution is 0.0374. The average Bonchev–Trinajstić information content (AvgIpc) is 3.50. The summed E-state index contributed by atoms with van der Waals surface area (Å²) in [6, 6.07) is 3.69. The highest BCUT2D eigenvalue weighted by molar-refractivity contribution is 5.43. The molecule has 0 unspecified atom stereocenters. The van der Waals surface area contributed by atoms with Gasteiger partial charge in [0.1, 0.15) is 12.1 Å². The molecule has 1 aliphatic carbocycles. The van der Waals surface area contributed by atoms with E-state index in [1.54, 1.807) is 25.6 Å². The second kappa shape index (κ2) is 7.41. The van der Waals surface area contributed by atoms with Gasteiger partial charge in [-0.05, 0) is 19.3 Å². The fourth-order valence-corrected chi connectivity index (χ4v) is 3.19. The van der Waals surface area contributed by atoms with E-state index >= 15 is 0 Å². The highest BCUT2D eigenvalue weighted by atomic mass is 16.5. The van der Waals surface area contributed by atoms with Crippen molar-refractivity contribution in [2.75, 3.05) is 36.5 Å². The van der Waals surface area contributed by atoms with Crippen LogP contribution >= 0.6 is 0 Å². The van der Waals surface area contributed by atoms with Gasteiger partial charge in [-0.15, -0.1) is 0 Å². The third kappa shape index (κ3) is 4.01. The Hall–Kier alpha value is -2.48. The summed E-state index contributed by atoms with van der Waals surface area (Å²) in [5, 5.41) is 7.47. The van der Waals surface area contributed by atoms with Gasteiger partial charge in [0.05, 0.1) is 24.6 Å². The molecule has 8 heteroatoms. The van der Waals surface area contributed by atoms with Crippen LogP contribution < -0.4 is 15.8 Å². The maximum absolute atomic E-state index is 11.8. The van der Waals surface area contributed by atoms with Crippen LogP contribution in [-0.4, -0.2) is 52.1 Å². The topological polar surface area (TPSA) is 85.2 Å². The number of aromatic nitrogens is 4. The molecule has 2 fully saturated rings. The first-order chi connectivity index (χ1) is 12.7. The summed E-state index contributed by atoms with van der Waals surface area (Å²) < 4.78 is 7.21. The van der Waals surface area contributed by atoms with Crippen LogP contribution in [-0.2, 0) is 11.8 Å². The van der Waals surface area contributed by atoms with Crippen molar-refractivity contribution < 1.29 is 4.74 Å². The van der Waals surface area contributed by atoms with E-state index in [-0.39, 0.29) is 11.7 Å². The van der Waals surface area contributed by atoms with Crippen LogP contribution in [0.4, 0.5) is 11.5 Å². The van der Waals surface area contributed by atoms with Crippen molar-refractivity contribution in [1.29, 1.82) is 0 Å². The first-order valence-corrected chi connectivity index (χ1v) is 9.15. The van der Waals surface area contributed by atoms with Crippen LogP contribution in [0.5, 0.6) is 0 Å². The average molecular weight is 356 g/mol. The minimum Gasteiger partial charge on any atom is -0.374 e. The van der Waals surface area contributed by atoms with Gasteiger partial charge >= 0.3 is 0 Å². The second-order valence-corrected chi connectivity index (χ2v) is 6.93. The Morgan fingerprint density at radius 3 is 3.00 bits per heavy atom. The molecule has 1 N–H and O–H groups in total. The third-order valence-electron chi connectivity index (χ3n) is 4.91. The normalized spacial score (nSPS) is 20.2. The highest BCUT2D eigenvalue weighted by Crippen LogP contribution is 2.39. The van der Waals surface area contributed by atoms with E-state index < -0.39 is 0 Å². The highest BCUT2D eigenvalue weighted by Gasteiger charge is 2.25. The Kier molecular flexibility index (Phi) is 4.83. The zero-order valence-corrected chi connectivity index (χ0v) is 15.0. The molecule has 1 saturated heterocycles. The summed E-state index contributed by atoms with van der Waals surface area (Å²) in [6.45, 7) is 2.97. The van der Waals surface area contributed by atoms with Crippen molar-refractivity contribution in [3.8, 4) is 0 Å². The summed E-state index contributed by atoms with van der Waals surface area (Å²) in [7, 11) is 1.65. The van der Waals surface area contributed by atoms with E-state index in [2.05, 4.69) is 31.3 Å². The van der Waals surface area contributed by atoms with Crippen molar-refractivity contribution in [2.24, 2.45) is 7.05 Å². The molecule has 0 spiro atoms. The lowest BCUT2D eigenvalue weighted by atomic mass is 10.2. The fourth-order valence-electron chi connectivity index (χ4n) is 3.19. The van der Waals surface area contributed by atoms with E-state index in [0.29, 0.717) is 12.5 Å². The molecule has 4 rings (SSSR count). The number of hydrogen-bond acceptors (Lipinski definition) is 7. The molecule has 0 amide bonds. The van der Waals surface area contributed by atoms with Gasteiger partial charge in [-0.25, -0.2) is 14.6 Å². The lowest BCUT2D eigenvalue weighted by Crippen LogP contribution is -2.43. The van der Waals surface area contributed by atoms with Crippen LogP contribution in [0.3, 0.4) is 0 Å². The molecule has 0 bridgehead atoms. The van der Waals surface area contributed by atoms with E-state index in [4.69, 9.17) is 4.74 Å². The molecule has 0 radical (unpaired) electrons. The zero-order chi connectivity index (χ0) is 17.9. The number of aryl methyl sites for hydroxylation is 1. The van der Waals surface area contributed by atoms with Gasteiger partial charge in [-0.3, -0.25) is 4.79 Å². The molecule has 2 aromatic heterocycles. The molecule has 8 nitrogen and oxygen atoms in total. The minimum atomic E-state index is -0.0950. The Morgan fingerprint density at radius 2 is 2.19 bits per heavy atom. The van der Waals surface area contributed by atoms with Crippen molar-refractivity contribution in [2.45, 2.75) is 31.3 Å². The summed E-state index contributed by atoms with van der Waals surface area (Å²) in [5.41, 5.74) is 1.91.